The lowest BCUT2D eigenvalue weighted by atomic mass is 9.91. The molecule has 0 radical (unpaired) electrons. The standard InChI is InChI=1S/C33H43N5O6/c34-38-27-10-5-4-7-25(27)21-28(33(42)44-29-11-6-16-36(29)31(40)32(38)41)37(26-8-2-1-3-9-26)30(39)24-14-12-23(13-15-24)22-35-17-19-43-20-18-35/h4-5,7,10,12-15,26,28-29,31,40H,1-3,6,8-9,11,16-22,34H2. The minimum Gasteiger partial charge on any atom is -0.445 e. The van der Waals surface area contributed by atoms with Crippen molar-refractivity contribution in [1.82, 2.24) is 14.7 Å². The Morgan fingerprint density at radius 3 is 2.41 bits per heavy atom. The summed E-state index contributed by atoms with van der Waals surface area (Å²) >= 11 is 0. The SMILES string of the molecule is NN1C(=O)C(O)N2CCCC2OC(=O)C(N(C(=O)c2ccc(CN3CCOCC3)cc2)C2CCCCC2)Cc2ccccc21. The quantitative estimate of drug-likeness (QED) is 0.300. The zero-order chi connectivity index (χ0) is 30.6. The molecule has 3 N–H and O–H groups in total. The van der Waals surface area contributed by atoms with Gasteiger partial charge in [-0.25, -0.2) is 20.5 Å². The van der Waals surface area contributed by atoms with Gasteiger partial charge in [0.2, 0.25) is 0 Å². The molecule has 0 bridgehead atoms. The van der Waals surface area contributed by atoms with E-state index in [9.17, 15) is 19.5 Å². The van der Waals surface area contributed by atoms with Crippen LogP contribution in [0.3, 0.4) is 0 Å². The third kappa shape index (κ3) is 6.52. The molecule has 1 saturated carbocycles. The highest BCUT2D eigenvalue weighted by Gasteiger charge is 2.43. The average Bonchev–Trinajstić information content (AvgIpc) is 3.52. The van der Waals surface area contributed by atoms with Crippen LogP contribution in [0.15, 0.2) is 48.5 Å². The largest absolute Gasteiger partial charge is 0.445 e. The van der Waals surface area contributed by atoms with Gasteiger partial charge in [-0.3, -0.25) is 14.5 Å². The van der Waals surface area contributed by atoms with Crippen molar-refractivity contribution >= 4 is 23.5 Å². The van der Waals surface area contributed by atoms with Crippen molar-refractivity contribution in [2.45, 2.75) is 82.5 Å². The smallest absolute Gasteiger partial charge is 0.330 e. The Hall–Kier alpha value is -3.35. The van der Waals surface area contributed by atoms with Crippen LogP contribution in [0.1, 0.15) is 66.4 Å². The number of rotatable bonds is 5. The number of benzene rings is 2. The number of nitrogens with zero attached hydrogens (tertiary/aromatic N) is 4. The van der Waals surface area contributed by atoms with Crippen LogP contribution in [0.5, 0.6) is 0 Å². The number of morpholine rings is 1. The molecule has 2 aromatic rings. The minimum atomic E-state index is -1.56. The topological polar surface area (TPSA) is 129 Å². The Bertz CT molecular complexity index is 1330. The molecule has 3 heterocycles. The van der Waals surface area contributed by atoms with Crippen molar-refractivity contribution in [3.05, 3.63) is 65.2 Å². The summed E-state index contributed by atoms with van der Waals surface area (Å²) in [5.74, 6) is 4.87. The van der Waals surface area contributed by atoms with E-state index in [0.717, 1.165) is 75.5 Å². The first-order valence-electron chi connectivity index (χ1n) is 15.9. The molecule has 0 aromatic heterocycles. The molecule has 0 spiro atoms. The van der Waals surface area contributed by atoms with Gasteiger partial charge in [-0.1, -0.05) is 49.6 Å². The van der Waals surface area contributed by atoms with Crippen molar-refractivity contribution in [2.75, 3.05) is 37.9 Å². The van der Waals surface area contributed by atoms with E-state index in [-0.39, 0.29) is 18.4 Å². The number of esters is 1. The van der Waals surface area contributed by atoms with Crippen LogP contribution in [0.25, 0.3) is 0 Å². The molecule has 11 heteroatoms. The summed E-state index contributed by atoms with van der Waals surface area (Å²) in [5.41, 5.74) is 2.64. The number of ether oxygens (including phenoxy) is 2. The normalized spacial score (nSPS) is 26.0. The first kappa shape index (κ1) is 30.7. The molecule has 2 aromatic carbocycles. The van der Waals surface area contributed by atoms with Crippen molar-refractivity contribution in [2.24, 2.45) is 5.84 Å². The van der Waals surface area contributed by atoms with E-state index in [0.29, 0.717) is 36.2 Å². The number of carbonyl (C=O) groups excluding carboxylic acids is 3. The second-order valence-electron chi connectivity index (χ2n) is 12.3. The number of fused-ring (bicyclic) bond motifs is 2. The summed E-state index contributed by atoms with van der Waals surface area (Å²) in [5, 5.41) is 11.9. The first-order valence-corrected chi connectivity index (χ1v) is 15.9. The minimum absolute atomic E-state index is 0.121. The molecule has 4 aliphatic rings. The van der Waals surface area contributed by atoms with Gasteiger partial charge in [0.15, 0.2) is 12.5 Å². The number of carbonyl (C=O) groups is 3. The number of hydrogen-bond donors (Lipinski definition) is 2. The van der Waals surface area contributed by atoms with Gasteiger partial charge in [-0.05, 0) is 55.0 Å². The predicted octanol–water partition coefficient (Wildman–Crippen LogP) is 2.41. The van der Waals surface area contributed by atoms with Gasteiger partial charge in [0.25, 0.3) is 11.8 Å². The molecular formula is C33H43N5O6. The number of anilines is 1. The summed E-state index contributed by atoms with van der Waals surface area (Å²) in [6.45, 7) is 4.37. The summed E-state index contributed by atoms with van der Waals surface area (Å²) < 4.78 is 11.5. The van der Waals surface area contributed by atoms with Crippen LogP contribution in [0.4, 0.5) is 5.69 Å². The number of hydrogen-bond acceptors (Lipinski definition) is 9. The van der Waals surface area contributed by atoms with Crippen molar-refractivity contribution in [1.29, 1.82) is 0 Å². The summed E-state index contributed by atoms with van der Waals surface area (Å²) in [4.78, 5) is 47.5. The van der Waals surface area contributed by atoms with Gasteiger partial charge in [0, 0.05) is 44.2 Å². The Kier molecular flexibility index (Phi) is 9.58. The Morgan fingerprint density at radius 2 is 1.66 bits per heavy atom. The Balaban J connectivity index is 1.35. The van der Waals surface area contributed by atoms with E-state index in [1.54, 1.807) is 23.1 Å². The number of aliphatic hydroxyl groups is 1. The molecule has 236 valence electrons. The maximum absolute atomic E-state index is 14.5. The van der Waals surface area contributed by atoms with E-state index in [2.05, 4.69) is 4.90 Å². The molecule has 1 aliphatic carbocycles. The summed E-state index contributed by atoms with van der Waals surface area (Å²) in [7, 11) is 0. The number of amides is 2. The number of para-hydroxylation sites is 1. The zero-order valence-corrected chi connectivity index (χ0v) is 25.2. The van der Waals surface area contributed by atoms with E-state index < -0.39 is 30.4 Å². The number of aliphatic hydroxyl groups excluding tert-OH is 1. The van der Waals surface area contributed by atoms with Crippen LogP contribution >= 0.6 is 0 Å². The van der Waals surface area contributed by atoms with Gasteiger partial charge in [0.1, 0.15) is 6.04 Å². The van der Waals surface area contributed by atoms with Crippen molar-refractivity contribution < 1.29 is 29.0 Å². The third-order valence-corrected chi connectivity index (χ3v) is 9.45. The maximum Gasteiger partial charge on any atom is 0.330 e. The summed E-state index contributed by atoms with van der Waals surface area (Å²) in [6.07, 6.45) is 3.51. The second kappa shape index (κ2) is 13.7. The van der Waals surface area contributed by atoms with E-state index >= 15 is 0 Å². The molecule has 11 nitrogen and oxygen atoms in total. The van der Waals surface area contributed by atoms with Gasteiger partial charge in [-0.2, -0.15) is 0 Å². The lowest BCUT2D eigenvalue weighted by molar-refractivity contribution is -0.174. The number of nitrogens with two attached hydrogens (primary N) is 1. The fraction of sp³-hybridized carbons (Fsp3) is 0.545. The van der Waals surface area contributed by atoms with E-state index in [4.69, 9.17) is 15.3 Å². The van der Waals surface area contributed by atoms with Gasteiger partial charge < -0.3 is 19.5 Å². The molecule has 3 unspecified atom stereocenters. The zero-order valence-electron chi connectivity index (χ0n) is 25.2. The monoisotopic (exact) mass is 605 g/mol. The molecule has 3 fully saturated rings. The first-order chi connectivity index (χ1) is 21.4. The number of hydrazine groups is 1. The molecule has 6 rings (SSSR count). The Morgan fingerprint density at radius 1 is 0.932 bits per heavy atom. The highest BCUT2D eigenvalue weighted by Crippen LogP contribution is 2.32. The molecule has 3 aliphatic heterocycles. The van der Waals surface area contributed by atoms with Crippen molar-refractivity contribution in [3.8, 4) is 0 Å². The molecule has 44 heavy (non-hydrogen) atoms. The second-order valence-corrected chi connectivity index (χ2v) is 12.3. The van der Waals surface area contributed by atoms with Crippen LogP contribution in [-0.2, 0) is 32.0 Å². The fourth-order valence-corrected chi connectivity index (χ4v) is 7.02. The average molecular weight is 606 g/mol. The van der Waals surface area contributed by atoms with Crippen LogP contribution in [-0.4, -0.2) is 95.0 Å². The lowest BCUT2D eigenvalue weighted by Gasteiger charge is -2.40. The van der Waals surface area contributed by atoms with Crippen LogP contribution in [0, 0.1) is 0 Å². The van der Waals surface area contributed by atoms with Crippen LogP contribution < -0.4 is 10.9 Å². The lowest BCUT2D eigenvalue weighted by Crippen LogP contribution is -2.55. The molecular weight excluding hydrogens is 562 g/mol. The van der Waals surface area contributed by atoms with Gasteiger partial charge >= 0.3 is 5.97 Å². The van der Waals surface area contributed by atoms with Crippen molar-refractivity contribution in [3.63, 3.8) is 0 Å². The predicted molar refractivity (Wildman–Crippen MR) is 163 cm³/mol. The van der Waals surface area contributed by atoms with E-state index in [1.807, 2.05) is 30.3 Å². The van der Waals surface area contributed by atoms with Crippen LogP contribution in [0.2, 0.25) is 0 Å². The Labute approximate surface area is 258 Å². The molecule has 2 saturated heterocycles. The van der Waals surface area contributed by atoms with Gasteiger partial charge in [0.05, 0.1) is 18.9 Å². The highest BCUT2D eigenvalue weighted by molar-refractivity contribution is 5.98. The fourth-order valence-electron chi connectivity index (χ4n) is 7.02. The third-order valence-electron chi connectivity index (χ3n) is 9.45. The maximum atomic E-state index is 14.5. The highest BCUT2D eigenvalue weighted by atomic mass is 16.6. The summed E-state index contributed by atoms with van der Waals surface area (Å²) in [6, 6.07) is 13.7. The molecule has 2 amide bonds. The molecule has 3 atom stereocenters. The van der Waals surface area contributed by atoms with Gasteiger partial charge in [-0.15, -0.1) is 0 Å². The van der Waals surface area contributed by atoms with E-state index in [1.165, 1.54) is 4.90 Å².